The van der Waals surface area contributed by atoms with Crippen LogP contribution in [0.3, 0.4) is 0 Å². The maximum absolute atomic E-state index is 15.1. The quantitative estimate of drug-likeness (QED) is 0.600. The molecule has 2 aliphatic rings. The second kappa shape index (κ2) is 7.67. The molecule has 1 aromatic heterocycles. The molecule has 2 unspecified atom stereocenters. The molecule has 30 heavy (non-hydrogen) atoms. The van der Waals surface area contributed by atoms with Crippen molar-refractivity contribution >= 4 is 11.6 Å². The summed E-state index contributed by atoms with van der Waals surface area (Å²) in [5.41, 5.74) is 2.98. The van der Waals surface area contributed by atoms with Crippen LogP contribution in [0.15, 0.2) is 36.4 Å². The second-order valence-electron chi connectivity index (χ2n) is 8.14. The minimum atomic E-state index is -0.393. The molecule has 5 nitrogen and oxygen atoms in total. The number of benzene rings is 2. The Morgan fingerprint density at radius 2 is 1.77 bits per heavy atom. The number of nitrogens with zero attached hydrogens (tertiary/aromatic N) is 4. The van der Waals surface area contributed by atoms with Gasteiger partial charge >= 0.3 is 0 Å². The van der Waals surface area contributed by atoms with Crippen LogP contribution in [0.1, 0.15) is 41.7 Å². The van der Waals surface area contributed by atoms with Crippen LogP contribution >= 0.6 is 11.6 Å². The first-order valence-corrected chi connectivity index (χ1v) is 10.8. The van der Waals surface area contributed by atoms with Crippen LogP contribution in [0.2, 0.25) is 5.02 Å². The Morgan fingerprint density at radius 3 is 2.47 bits per heavy atom. The van der Waals surface area contributed by atoms with Gasteiger partial charge in [-0.3, -0.25) is 9.47 Å². The molecule has 2 heterocycles. The lowest BCUT2D eigenvalue weighted by Gasteiger charge is -2.30. The van der Waals surface area contributed by atoms with Crippen LogP contribution in [-0.2, 0) is 6.42 Å². The molecule has 1 aliphatic heterocycles. The number of likely N-dealkylation sites (tertiary alicyclic amines) is 1. The topological polar surface area (TPSA) is 43.2 Å². The van der Waals surface area contributed by atoms with Gasteiger partial charge in [0.2, 0.25) is 0 Å². The third kappa shape index (κ3) is 3.38. The van der Waals surface area contributed by atoms with Crippen LogP contribution in [-0.4, -0.2) is 38.8 Å². The Bertz CT molecular complexity index is 1070. The summed E-state index contributed by atoms with van der Waals surface area (Å²) < 4.78 is 23.3. The van der Waals surface area contributed by atoms with Gasteiger partial charge in [-0.15, -0.1) is 10.2 Å². The average Bonchev–Trinajstić information content (AvgIpc) is 3.44. The molecule has 0 saturated carbocycles. The number of fused-ring (bicyclic) bond motifs is 1. The van der Waals surface area contributed by atoms with E-state index < -0.39 is 5.82 Å². The average molecular weight is 427 g/mol. The molecule has 3 aromatic rings. The normalized spacial score (nSPS) is 21.2. The van der Waals surface area contributed by atoms with Crippen molar-refractivity contribution in [3.05, 3.63) is 70.0 Å². The lowest BCUT2D eigenvalue weighted by Crippen LogP contribution is -2.38. The van der Waals surface area contributed by atoms with Crippen LogP contribution in [0.4, 0.5) is 4.39 Å². The summed E-state index contributed by atoms with van der Waals surface area (Å²) in [5.74, 6) is 1.29. The minimum absolute atomic E-state index is 0.197. The Labute approximate surface area is 180 Å². The van der Waals surface area contributed by atoms with E-state index in [1.165, 1.54) is 24.5 Å². The fraction of sp³-hybridized carbons (Fsp3) is 0.391. The van der Waals surface area contributed by atoms with Gasteiger partial charge < -0.3 is 4.74 Å². The molecule has 1 aliphatic carbocycles. The molecule has 2 aromatic carbocycles. The Hall–Kier alpha value is -2.44. The fourth-order valence-electron chi connectivity index (χ4n) is 4.80. The van der Waals surface area contributed by atoms with Crippen molar-refractivity contribution in [1.82, 2.24) is 19.7 Å². The van der Waals surface area contributed by atoms with Crippen LogP contribution in [0, 0.1) is 19.7 Å². The van der Waals surface area contributed by atoms with Crippen LogP contribution in [0.25, 0.3) is 5.69 Å². The summed E-state index contributed by atoms with van der Waals surface area (Å²) in [4.78, 5) is 2.47. The third-order valence-corrected chi connectivity index (χ3v) is 6.45. The number of ether oxygens (including phenoxy) is 1. The maximum atomic E-state index is 15.1. The van der Waals surface area contributed by atoms with E-state index in [1.807, 2.05) is 36.6 Å². The summed E-state index contributed by atoms with van der Waals surface area (Å²) in [5, 5.41) is 8.79. The third-order valence-electron chi connectivity index (χ3n) is 6.22. The molecule has 156 valence electrons. The standard InChI is InChI=1S/C23H24ClFN4O/c1-14-26-27-15(2)29(14)18-7-8-22(20(25)13-18)30-23-19-12-17(24)6-5-16(19)11-21(23)28-9-3-4-10-28/h5-8,12-13,21,23H,3-4,9-11H2,1-2H3. The molecule has 5 rings (SSSR count). The number of aromatic nitrogens is 3. The van der Waals surface area contributed by atoms with Crippen molar-refractivity contribution in [2.45, 2.75) is 45.3 Å². The van der Waals surface area contributed by atoms with Crippen molar-refractivity contribution in [2.75, 3.05) is 13.1 Å². The molecule has 0 amide bonds. The lowest BCUT2D eigenvalue weighted by molar-refractivity contribution is 0.0906. The van der Waals surface area contributed by atoms with Gasteiger partial charge in [-0.05, 0) is 81.6 Å². The van der Waals surface area contributed by atoms with Crippen molar-refractivity contribution in [1.29, 1.82) is 0 Å². The van der Waals surface area contributed by atoms with Crippen molar-refractivity contribution in [3.8, 4) is 11.4 Å². The Balaban J connectivity index is 1.48. The minimum Gasteiger partial charge on any atom is -0.481 e. The first kappa shape index (κ1) is 19.5. The molecule has 0 N–H and O–H groups in total. The van der Waals surface area contributed by atoms with Gasteiger partial charge in [0.1, 0.15) is 17.8 Å². The first-order valence-electron chi connectivity index (χ1n) is 10.4. The van der Waals surface area contributed by atoms with Gasteiger partial charge in [0.25, 0.3) is 0 Å². The van der Waals surface area contributed by atoms with Gasteiger partial charge in [-0.1, -0.05) is 17.7 Å². The molecule has 1 fully saturated rings. The lowest BCUT2D eigenvalue weighted by atomic mass is 10.1. The molecule has 0 spiro atoms. The summed E-state index contributed by atoms with van der Waals surface area (Å²) in [6, 6.07) is 11.2. The SMILES string of the molecule is Cc1nnc(C)n1-c1ccc(OC2c3cc(Cl)ccc3CC2N2CCCC2)c(F)c1. The highest BCUT2D eigenvalue weighted by Crippen LogP contribution is 2.41. The first-order chi connectivity index (χ1) is 14.5. The predicted octanol–water partition coefficient (Wildman–Crippen LogP) is 4.82. The highest BCUT2D eigenvalue weighted by Gasteiger charge is 2.39. The summed E-state index contributed by atoms with van der Waals surface area (Å²) in [6.45, 7) is 5.81. The van der Waals surface area contributed by atoms with E-state index in [2.05, 4.69) is 21.2 Å². The van der Waals surface area contributed by atoms with E-state index in [0.717, 1.165) is 25.1 Å². The summed E-state index contributed by atoms with van der Waals surface area (Å²) in [6.07, 6.45) is 3.05. The van der Waals surface area contributed by atoms with E-state index in [1.54, 1.807) is 6.07 Å². The predicted molar refractivity (Wildman–Crippen MR) is 114 cm³/mol. The van der Waals surface area contributed by atoms with Gasteiger partial charge in [0, 0.05) is 11.1 Å². The fourth-order valence-corrected chi connectivity index (χ4v) is 4.98. The summed E-state index contributed by atoms with van der Waals surface area (Å²) >= 11 is 6.28. The zero-order valence-corrected chi connectivity index (χ0v) is 17.9. The van der Waals surface area contributed by atoms with Gasteiger partial charge in [-0.25, -0.2) is 4.39 Å². The molecule has 2 atom stereocenters. The summed E-state index contributed by atoms with van der Waals surface area (Å²) in [7, 11) is 0. The van der Waals surface area contributed by atoms with Crippen LogP contribution < -0.4 is 4.74 Å². The van der Waals surface area contributed by atoms with Crippen molar-refractivity contribution in [2.24, 2.45) is 0 Å². The second-order valence-corrected chi connectivity index (χ2v) is 8.58. The molecule has 0 bridgehead atoms. The zero-order chi connectivity index (χ0) is 20.8. The molecule has 1 saturated heterocycles. The molecule has 0 radical (unpaired) electrons. The van der Waals surface area contributed by atoms with Crippen molar-refractivity contribution < 1.29 is 9.13 Å². The maximum Gasteiger partial charge on any atom is 0.167 e. The number of hydrogen-bond donors (Lipinski definition) is 0. The Morgan fingerprint density at radius 1 is 1.03 bits per heavy atom. The molecular formula is C23H24ClFN4O. The van der Waals surface area contributed by atoms with Crippen molar-refractivity contribution in [3.63, 3.8) is 0 Å². The molecule has 7 heteroatoms. The van der Waals surface area contributed by atoms with Crippen LogP contribution in [0.5, 0.6) is 5.75 Å². The number of rotatable bonds is 4. The van der Waals surface area contributed by atoms with E-state index in [0.29, 0.717) is 22.4 Å². The van der Waals surface area contributed by atoms with E-state index in [-0.39, 0.29) is 17.9 Å². The largest absolute Gasteiger partial charge is 0.481 e. The Kier molecular flexibility index (Phi) is 4.99. The highest BCUT2D eigenvalue weighted by molar-refractivity contribution is 6.30. The highest BCUT2D eigenvalue weighted by atomic mass is 35.5. The van der Waals surface area contributed by atoms with E-state index in [9.17, 15) is 0 Å². The number of halogens is 2. The van der Waals surface area contributed by atoms with Gasteiger partial charge in [-0.2, -0.15) is 0 Å². The zero-order valence-electron chi connectivity index (χ0n) is 17.1. The van der Waals surface area contributed by atoms with Gasteiger partial charge in [0.15, 0.2) is 11.6 Å². The number of aryl methyl sites for hydroxylation is 2. The van der Waals surface area contributed by atoms with Gasteiger partial charge in [0.05, 0.1) is 11.7 Å². The molecular weight excluding hydrogens is 403 g/mol. The monoisotopic (exact) mass is 426 g/mol. The number of hydrogen-bond acceptors (Lipinski definition) is 4. The van der Waals surface area contributed by atoms with E-state index >= 15 is 4.39 Å². The van der Waals surface area contributed by atoms with E-state index in [4.69, 9.17) is 16.3 Å². The smallest absolute Gasteiger partial charge is 0.167 e.